The van der Waals surface area contributed by atoms with Gasteiger partial charge in [0.25, 0.3) is 0 Å². The monoisotopic (exact) mass is 487 g/mol. The van der Waals surface area contributed by atoms with Crippen molar-refractivity contribution in [2.45, 2.75) is 37.8 Å². The molecule has 1 aromatic carbocycles. The van der Waals surface area contributed by atoms with Crippen LogP contribution in [0.15, 0.2) is 59.5 Å². The minimum Gasteiger partial charge on any atom is -0.464 e. The normalized spacial score (nSPS) is 20.9. The first-order valence-corrected chi connectivity index (χ1v) is 12.5. The van der Waals surface area contributed by atoms with E-state index in [1.165, 1.54) is 0 Å². The van der Waals surface area contributed by atoms with Crippen molar-refractivity contribution in [3.63, 3.8) is 0 Å². The van der Waals surface area contributed by atoms with Gasteiger partial charge in [0, 0.05) is 68.1 Å². The number of H-pyrrole nitrogens is 1. The zero-order chi connectivity index (χ0) is 24.5. The third kappa shape index (κ3) is 4.59. The summed E-state index contributed by atoms with van der Waals surface area (Å²) >= 11 is 0. The molecule has 4 aromatic rings. The lowest BCUT2D eigenvalue weighted by molar-refractivity contribution is -0.133. The molecule has 2 atom stereocenters. The second kappa shape index (κ2) is 9.75. The van der Waals surface area contributed by atoms with Crippen molar-refractivity contribution in [2.24, 2.45) is 0 Å². The molecule has 3 aromatic heterocycles. The van der Waals surface area contributed by atoms with Gasteiger partial charge in [-0.15, -0.1) is 0 Å². The summed E-state index contributed by atoms with van der Waals surface area (Å²) in [6.45, 7) is 3.08. The molecule has 0 saturated carbocycles. The Labute approximate surface area is 208 Å². The van der Waals surface area contributed by atoms with E-state index in [-0.39, 0.29) is 11.9 Å². The Morgan fingerprint density at radius 1 is 1.19 bits per heavy atom. The average molecular weight is 488 g/mol. The summed E-state index contributed by atoms with van der Waals surface area (Å²) in [5, 5.41) is 18.6. The average Bonchev–Trinajstić information content (AvgIpc) is 3.65. The molecule has 2 fully saturated rings. The van der Waals surface area contributed by atoms with E-state index in [0.717, 1.165) is 66.7 Å². The molecule has 2 aliphatic rings. The maximum absolute atomic E-state index is 12.1. The number of furan rings is 1. The van der Waals surface area contributed by atoms with Crippen LogP contribution in [-0.2, 0) is 11.2 Å². The summed E-state index contributed by atoms with van der Waals surface area (Å²) < 4.78 is 11.8. The van der Waals surface area contributed by atoms with Crippen LogP contribution in [0, 0.1) is 0 Å². The Balaban J connectivity index is 1.06. The number of nitrogens with zero attached hydrogens (tertiary/aromatic N) is 4. The number of carbonyl (C=O) groups is 1. The number of rotatable bonds is 7. The molecule has 0 spiro atoms. The molecule has 5 heterocycles. The fourth-order valence-electron chi connectivity index (χ4n) is 5.31. The molecular formula is C27H29N5O4. The molecule has 9 heteroatoms. The van der Waals surface area contributed by atoms with E-state index in [1.807, 2.05) is 41.3 Å². The first kappa shape index (κ1) is 22.8. The number of likely N-dealkylation sites (tertiary alicyclic amines) is 2. The third-order valence-electron chi connectivity index (χ3n) is 7.24. The van der Waals surface area contributed by atoms with E-state index in [4.69, 9.17) is 9.15 Å². The van der Waals surface area contributed by atoms with Gasteiger partial charge in [-0.3, -0.25) is 9.89 Å². The summed E-state index contributed by atoms with van der Waals surface area (Å²) in [5.41, 5.74) is 3.74. The molecule has 186 valence electrons. The molecule has 0 radical (unpaired) electrons. The number of pyridine rings is 1. The molecule has 9 nitrogen and oxygen atoms in total. The SMILES string of the molecule is O=C1CCCN1C1CCN(CCc2coc3cc(Oc4ccc(-c5ccn[nH]5)cn4)ccc23)C[C@H]1O. The number of aromatic nitrogens is 3. The number of hydrogen-bond donors (Lipinski definition) is 2. The summed E-state index contributed by atoms with van der Waals surface area (Å²) in [6.07, 6.45) is 7.91. The van der Waals surface area contributed by atoms with Gasteiger partial charge in [-0.25, -0.2) is 4.98 Å². The van der Waals surface area contributed by atoms with E-state index in [0.29, 0.717) is 24.6 Å². The van der Waals surface area contributed by atoms with Gasteiger partial charge in [-0.2, -0.15) is 5.10 Å². The Bertz CT molecular complexity index is 1330. The Kier molecular flexibility index (Phi) is 6.16. The van der Waals surface area contributed by atoms with Crippen LogP contribution in [0.1, 0.15) is 24.8 Å². The van der Waals surface area contributed by atoms with Gasteiger partial charge in [0.05, 0.1) is 24.1 Å². The van der Waals surface area contributed by atoms with Gasteiger partial charge in [0.2, 0.25) is 11.8 Å². The molecule has 2 N–H and O–H groups in total. The molecule has 0 aliphatic carbocycles. The highest BCUT2D eigenvalue weighted by Crippen LogP contribution is 2.29. The van der Waals surface area contributed by atoms with Crippen molar-refractivity contribution in [3.8, 4) is 22.9 Å². The van der Waals surface area contributed by atoms with Crippen molar-refractivity contribution >= 4 is 16.9 Å². The number of hydrogen-bond acceptors (Lipinski definition) is 7. The molecule has 2 saturated heterocycles. The topological polar surface area (TPSA) is 108 Å². The first-order chi connectivity index (χ1) is 17.6. The molecule has 1 unspecified atom stereocenters. The number of aliphatic hydroxyl groups is 1. The van der Waals surface area contributed by atoms with Crippen LogP contribution in [-0.4, -0.2) is 74.3 Å². The van der Waals surface area contributed by atoms with Gasteiger partial charge < -0.3 is 24.1 Å². The fraction of sp³-hybridized carbons (Fsp3) is 0.370. The van der Waals surface area contributed by atoms with E-state index in [9.17, 15) is 9.90 Å². The zero-order valence-electron chi connectivity index (χ0n) is 20.0. The molecule has 1 amide bonds. The second-order valence-electron chi connectivity index (χ2n) is 9.54. The summed E-state index contributed by atoms with van der Waals surface area (Å²) in [7, 11) is 0. The smallest absolute Gasteiger partial charge is 0.222 e. The minimum atomic E-state index is -0.497. The highest BCUT2D eigenvalue weighted by atomic mass is 16.5. The highest BCUT2D eigenvalue weighted by molar-refractivity contribution is 5.82. The number of ether oxygens (including phenoxy) is 1. The van der Waals surface area contributed by atoms with Crippen LogP contribution < -0.4 is 4.74 Å². The maximum Gasteiger partial charge on any atom is 0.222 e. The molecular weight excluding hydrogens is 458 g/mol. The van der Waals surface area contributed by atoms with Crippen molar-refractivity contribution < 1.29 is 19.1 Å². The Hall–Kier alpha value is -3.69. The lowest BCUT2D eigenvalue weighted by Crippen LogP contribution is -2.54. The van der Waals surface area contributed by atoms with Crippen molar-refractivity contribution in [3.05, 3.63) is 60.6 Å². The summed E-state index contributed by atoms with van der Waals surface area (Å²) in [4.78, 5) is 20.6. The number of aliphatic hydroxyl groups excluding tert-OH is 1. The fourth-order valence-corrected chi connectivity index (χ4v) is 5.31. The predicted molar refractivity (Wildman–Crippen MR) is 134 cm³/mol. The number of β-amino-alcohol motifs (C(OH)–C–C–N with tert-alkyl or cyclic N) is 1. The van der Waals surface area contributed by atoms with Gasteiger partial charge in [0.15, 0.2) is 0 Å². The quantitative estimate of drug-likeness (QED) is 0.410. The lowest BCUT2D eigenvalue weighted by Gasteiger charge is -2.40. The van der Waals surface area contributed by atoms with Crippen LogP contribution >= 0.6 is 0 Å². The number of aromatic amines is 1. The van der Waals surface area contributed by atoms with Gasteiger partial charge in [-0.05, 0) is 49.1 Å². The van der Waals surface area contributed by atoms with Crippen molar-refractivity contribution in [2.75, 3.05) is 26.2 Å². The number of piperidine rings is 1. The largest absolute Gasteiger partial charge is 0.464 e. The maximum atomic E-state index is 12.1. The second-order valence-corrected chi connectivity index (χ2v) is 9.54. The van der Waals surface area contributed by atoms with Crippen LogP contribution in [0.4, 0.5) is 0 Å². The molecule has 0 bridgehead atoms. The van der Waals surface area contributed by atoms with E-state index in [2.05, 4.69) is 20.1 Å². The Morgan fingerprint density at radius 3 is 2.89 bits per heavy atom. The van der Waals surface area contributed by atoms with E-state index >= 15 is 0 Å². The van der Waals surface area contributed by atoms with E-state index in [1.54, 1.807) is 18.7 Å². The number of amides is 1. The van der Waals surface area contributed by atoms with Gasteiger partial charge in [0.1, 0.15) is 11.3 Å². The Morgan fingerprint density at radius 2 is 2.14 bits per heavy atom. The minimum absolute atomic E-state index is 0.0411. The van der Waals surface area contributed by atoms with Crippen LogP contribution in [0.5, 0.6) is 11.6 Å². The van der Waals surface area contributed by atoms with Crippen molar-refractivity contribution in [1.82, 2.24) is 25.0 Å². The standard InChI is InChI=1S/C27H29N5O4/c33-24-16-31(13-9-23(24)32-11-1-2-27(32)34)12-8-19-17-35-25-14-20(4-5-21(19)25)36-26-6-3-18(15-28-26)22-7-10-29-30-22/h3-7,10,14-15,17,23-24,33H,1-2,8-9,11-13,16H2,(H,29,30)/t23?,24-/m1/s1. The third-order valence-corrected chi connectivity index (χ3v) is 7.24. The molecule has 2 aliphatic heterocycles. The number of benzene rings is 1. The van der Waals surface area contributed by atoms with Gasteiger partial charge >= 0.3 is 0 Å². The molecule has 36 heavy (non-hydrogen) atoms. The summed E-state index contributed by atoms with van der Waals surface area (Å²) in [5.74, 6) is 1.34. The van der Waals surface area contributed by atoms with Crippen LogP contribution in [0.2, 0.25) is 0 Å². The van der Waals surface area contributed by atoms with Crippen LogP contribution in [0.3, 0.4) is 0 Å². The predicted octanol–water partition coefficient (Wildman–Crippen LogP) is 3.61. The zero-order valence-corrected chi connectivity index (χ0v) is 20.0. The highest BCUT2D eigenvalue weighted by Gasteiger charge is 2.36. The first-order valence-electron chi connectivity index (χ1n) is 12.5. The summed E-state index contributed by atoms with van der Waals surface area (Å²) in [6, 6.07) is 11.4. The van der Waals surface area contributed by atoms with Gasteiger partial charge in [-0.1, -0.05) is 0 Å². The molecule has 6 rings (SSSR count). The van der Waals surface area contributed by atoms with Crippen LogP contribution in [0.25, 0.3) is 22.2 Å². The van der Waals surface area contributed by atoms with Crippen molar-refractivity contribution in [1.29, 1.82) is 0 Å². The number of fused-ring (bicyclic) bond motifs is 1. The lowest BCUT2D eigenvalue weighted by atomic mass is 9.99. The number of nitrogens with one attached hydrogen (secondary N) is 1. The number of carbonyl (C=O) groups excluding carboxylic acids is 1. The van der Waals surface area contributed by atoms with E-state index < -0.39 is 6.10 Å².